The molecule has 1 saturated heterocycles. The number of aromatic nitrogens is 1. The Morgan fingerprint density at radius 3 is 2.53 bits per heavy atom. The van der Waals surface area contributed by atoms with Gasteiger partial charge in [-0.3, -0.25) is 4.79 Å². The average molecular weight is 455 g/mol. The van der Waals surface area contributed by atoms with E-state index < -0.39 is 10.0 Å². The highest BCUT2D eigenvalue weighted by Crippen LogP contribution is 2.30. The standard InChI is InChI=1S/C21H34N4O3S2/c1-15-6-5-7-19(16(15)2)23-21(26)17(3)29-20-9-8-18(14-22-20)30(27,28)25-12-10-24(4)11-13-25/h8-9,14-17,19H,5-7,10-13H2,1-4H3,(H,23,26)/t15-,16+,17+,19-/m1/s1. The number of hydrogen-bond acceptors (Lipinski definition) is 6. The number of carbonyl (C=O) groups is 1. The van der Waals surface area contributed by atoms with E-state index in [-0.39, 0.29) is 22.1 Å². The van der Waals surface area contributed by atoms with Crippen molar-refractivity contribution >= 4 is 27.7 Å². The Kier molecular flexibility index (Phi) is 7.81. The zero-order valence-electron chi connectivity index (χ0n) is 18.4. The zero-order valence-corrected chi connectivity index (χ0v) is 20.0. The fraction of sp³-hybridized carbons (Fsp3) is 0.714. The van der Waals surface area contributed by atoms with Crippen LogP contribution in [0.1, 0.15) is 40.0 Å². The molecule has 0 aromatic carbocycles. The molecule has 4 atom stereocenters. The SMILES string of the molecule is C[C@H]1[C@H](C)CCC[C@H]1NC(=O)[C@H](C)Sc1ccc(S(=O)(=O)N2CCN(C)CC2)cn1. The first-order valence-electron chi connectivity index (χ1n) is 10.8. The maximum atomic E-state index is 12.8. The van der Waals surface area contributed by atoms with Crippen LogP contribution in [0.3, 0.4) is 0 Å². The van der Waals surface area contributed by atoms with E-state index >= 15 is 0 Å². The summed E-state index contributed by atoms with van der Waals surface area (Å²) >= 11 is 1.36. The third-order valence-electron chi connectivity index (χ3n) is 6.51. The molecule has 7 nitrogen and oxygen atoms in total. The van der Waals surface area contributed by atoms with Crippen LogP contribution in [0.25, 0.3) is 0 Å². The molecule has 2 aliphatic rings. The van der Waals surface area contributed by atoms with Crippen LogP contribution in [0.15, 0.2) is 28.3 Å². The number of sulfonamides is 1. The Balaban J connectivity index is 1.57. The van der Waals surface area contributed by atoms with Gasteiger partial charge in [0.25, 0.3) is 0 Å². The first-order valence-corrected chi connectivity index (χ1v) is 13.1. The van der Waals surface area contributed by atoms with Crippen LogP contribution >= 0.6 is 11.8 Å². The summed E-state index contributed by atoms with van der Waals surface area (Å²) in [7, 11) is -1.53. The quantitative estimate of drug-likeness (QED) is 0.665. The molecule has 1 N–H and O–H groups in total. The molecule has 3 rings (SSSR count). The molecule has 168 valence electrons. The van der Waals surface area contributed by atoms with E-state index in [1.165, 1.54) is 28.7 Å². The lowest BCUT2D eigenvalue weighted by atomic mass is 9.78. The Morgan fingerprint density at radius 2 is 1.90 bits per heavy atom. The van der Waals surface area contributed by atoms with Gasteiger partial charge in [-0.2, -0.15) is 4.31 Å². The van der Waals surface area contributed by atoms with Gasteiger partial charge in [-0.05, 0) is 44.4 Å². The lowest BCUT2D eigenvalue weighted by Crippen LogP contribution is -2.47. The highest BCUT2D eigenvalue weighted by Gasteiger charge is 2.30. The van der Waals surface area contributed by atoms with Gasteiger partial charge >= 0.3 is 0 Å². The van der Waals surface area contributed by atoms with E-state index in [2.05, 4.69) is 29.0 Å². The van der Waals surface area contributed by atoms with Crippen LogP contribution in [0.4, 0.5) is 0 Å². The normalized spacial score (nSPS) is 27.5. The number of thioether (sulfide) groups is 1. The van der Waals surface area contributed by atoms with Crippen LogP contribution in [-0.4, -0.2) is 73.0 Å². The maximum Gasteiger partial charge on any atom is 0.244 e. The topological polar surface area (TPSA) is 82.6 Å². The van der Waals surface area contributed by atoms with Crippen LogP contribution in [0.5, 0.6) is 0 Å². The predicted octanol–water partition coefficient (Wildman–Crippen LogP) is 2.44. The van der Waals surface area contributed by atoms with Crippen LogP contribution in [0, 0.1) is 11.8 Å². The van der Waals surface area contributed by atoms with Crippen molar-refractivity contribution in [2.45, 2.75) is 61.2 Å². The van der Waals surface area contributed by atoms with Gasteiger partial charge < -0.3 is 10.2 Å². The summed E-state index contributed by atoms with van der Waals surface area (Å²) in [5, 5.41) is 3.57. The van der Waals surface area contributed by atoms with Crippen molar-refractivity contribution in [1.82, 2.24) is 19.5 Å². The van der Waals surface area contributed by atoms with Crippen LogP contribution in [0.2, 0.25) is 0 Å². The van der Waals surface area contributed by atoms with Crippen molar-refractivity contribution in [3.8, 4) is 0 Å². The molecule has 1 aromatic rings. The van der Waals surface area contributed by atoms with E-state index in [4.69, 9.17) is 0 Å². The lowest BCUT2D eigenvalue weighted by molar-refractivity contribution is -0.121. The summed E-state index contributed by atoms with van der Waals surface area (Å²) in [4.78, 5) is 19.3. The number of nitrogens with one attached hydrogen (secondary N) is 1. The van der Waals surface area contributed by atoms with Crippen molar-refractivity contribution in [2.24, 2.45) is 11.8 Å². The van der Waals surface area contributed by atoms with Crippen LogP contribution in [-0.2, 0) is 14.8 Å². The Morgan fingerprint density at radius 1 is 1.20 bits per heavy atom. The van der Waals surface area contributed by atoms with Crippen molar-refractivity contribution in [1.29, 1.82) is 0 Å². The third kappa shape index (κ3) is 5.55. The lowest BCUT2D eigenvalue weighted by Gasteiger charge is -2.35. The van der Waals surface area contributed by atoms with E-state index in [1.807, 2.05) is 14.0 Å². The monoisotopic (exact) mass is 454 g/mol. The molecular weight excluding hydrogens is 420 g/mol. The average Bonchev–Trinajstić information content (AvgIpc) is 2.72. The minimum absolute atomic E-state index is 0.0156. The van der Waals surface area contributed by atoms with Crippen LogP contribution < -0.4 is 5.32 Å². The molecule has 0 unspecified atom stereocenters. The second kappa shape index (κ2) is 9.97. The Bertz CT molecular complexity index is 823. The second-order valence-electron chi connectivity index (χ2n) is 8.68. The number of likely N-dealkylation sites (N-methyl/N-ethyl adjacent to an activating group) is 1. The van der Waals surface area contributed by atoms with Crippen molar-refractivity contribution < 1.29 is 13.2 Å². The third-order valence-corrected chi connectivity index (χ3v) is 9.44. The summed E-state index contributed by atoms with van der Waals surface area (Å²) in [6, 6.07) is 3.52. The van der Waals surface area contributed by atoms with Gasteiger partial charge in [0.15, 0.2) is 0 Å². The number of piperazine rings is 1. The molecule has 1 aliphatic heterocycles. The van der Waals surface area contributed by atoms with Gasteiger partial charge in [-0.15, -0.1) is 0 Å². The number of rotatable bonds is 6. The largest absolute Gasteiger partial charge is 0.352 e. The van der Waals surface area contributed by atoms with Crippen molar-refractivity contribution in [3.63, 3.8) is 0 Å². The molecule has 0 bridgehead atoms. The first kappa shape index (κ1) is 23.5. The summed E-state index contributed by atoms with van der Waals surface area (Å²) in [5.74, 6) is 1.13. The molecule has 30 heavy (non-hydrogen) atoms. The van der Waals surface area contributed by atoms with E-state index in [1.54, 1.807) is 12.1 Å². The van der Waals surface area contributed by atoms with Gasteiger partial charge in [0.05, 0.1) is 10.3 Å². The van der Waals surface area contributed by atoms with Gasteiger partial charge in [0, 0.05) is 38.4 Å². The minimum atomic E-state index is -3.52. The van der Waals surface area contributed by atoms with Crippen molar-refractivity contribution in [2.75, 3.05) is 33.2 Å². The molecule has 0 spiro atoms. The Hall–Kier alpha value is -1.16. The molecule has 1 aliphatic carbocycles. The van der Waals surface area contributed by atoms with Gasteiger partial charge in [0.1, 0.15) is 4.90 Å². The molecule has 1 amide bonds. The second-order valence-corrected chi connectivity index (χ2v) is 12.0. The molecule has 2 heterocycles. The maximum absolute atomic E-state index is 12.8. The first-order chi connectivity index (χ1) is 14.2. The molecule has 2 fully saturated rings. The summed E-state index contributed by atoms with van der Waals surface area (Å²) in [6.07, 6.45) is 4.82. The minimum Gasteiger partial charge on any atom is -0.352 e. The van der Waals surface area contributed by atoms with Gasteiger partial charge in [0.2, 0.25) is 15.9 Å². The van der Waals surface area contributed by atoms with Crippen molar-refractivity contribution in [3.05, 3.63) is 18.3 Å². The molecule has 1 aromatic heterocycles. The molecule has 1 saturated carbocycles. The highest BCUT2D eigenvalue weighted by atomic mass is 32.2. The fourth-order valence-corrected chi connectivity index (χ4v) is 6.25. The molecule has 9 heteroatoms. The zero-order chi connectivity index (χ0) is 21.9. The number of pyridine rings is 1. The van der Waals surface area contributed by atoms with E-state index in [0.29, 0.717) is 30.0 Å². The number of nitrogens with zero attached hydrogens (tertiary/aromatic N) is 3. The van der Waals surface area contributed by atoms with Gasteiger partial charge in [-0.25, -0.2) is 13.4 Å². The summed E-state index contributed by atoms with van der Waals surface area (Å²) < 4.78 is 27.1. The number of amides is 1. The highest BCUT2D eigenvalue weighted by molar-refractivity contribution is 8.00. The fourth-order valence-electron chi connectivity index (χ4n) is 4.09. The summed E-state index contributed by atoms with van der Waals surface area (Å²) in [6.45, 7) is 8.77. The van der Waals surface area contributed by atoms with Gasteiger partial charge in [-0.1, -0.05) is 38.5 Å². The molecule has 0 radical (unpaired) electrons. The number of carbonyl (C=O) groups excluding carboxylic acids is 1. The summed E-state index contributed by atoms with van der Waals surface area (Å²) in [5.41, 5.74) is 0. The van der Waals surface area contributed by atoms with E-state index in [0.717, 1.165) is 25.9 Å². The Labute approximate surface area is 185 Å². The van der Waals surface area contributed by atoms with E-state index in [9.17, 15) is 13.2 Å². The number of hydrogen-bond donors (Lipinski definition) is 1. The smallest absolute Gasteiger partial charge is 0.244 e. The molecular formula is C21H34N4O3S2. The predicted molar refractivity (Wildman–Crippen MR) is 120 cm³/mol.